The van der Waals surface area contributed by atoms with Gasteiger partial charge in [-0.15, -0.1) is 0 Å². The van der Waals surface area contributed by atoms with Gasteiger partial charge in [-0.3, -0.25) is 4.79 Å². The van der Waals surface area contributed by atoms with Crippen molar-refractivity contribution in [2.75, 3.05) is 0 Å². The monoisotopic (exact) mass is 448 g/mol. The molecule has 0 aromatic carbocycles. The van der Waals surface area contributed by atoms with Gasteiger partial charge in [0.2, 0.25) is 0 Å². The lowest BCUT2D eigenvalue weighted by molar-refractivity contribution is -0.251. The molecule has 5 nitrogen and oxygen atoms in total. The highest BCUT2D eigenvalue weighted by Crippen LogP contribution is 2.60. The molecule has 5 rings (SSSR count). The maximum atomic E-state index is 13.1. The number of carbonyl (C=O) groups is 2. The van der Waals surface area contributed by atoms with Gasteiger partial charge < -0.3 is 14.2 Å². The Morgan fingerprint density at radius 1 is 0.938 bits per heavy atom. The predicted molar refractivity (Wildman–Crippen MR) is 123 cm³/mol. The minimum atomic E-state index is -0.587. The molecule has 5 fully saturated rings. The number of esters is 2. The van der Waals surface area contributed by atoms with Crippen molar-refractivity contribution in [2.24, 2.45) is 17.3 Å². The van der Waals surface area contributed by atoms with Crippen LogP contribution in [0.2, 0.25) is 0 Å². The highest BCUT2D eigenvalue weighted by atomic mass is 16.6. The van der Waals surface area contributed by atoms with Gasteiger partial charge in [0.15, 0.2) is 6.10 Å². The number of ether oxygens (including phenoxy) is 3. The van der Waals surface area contributed by atoms with Gasteiger partial charge in [0.25, 0.3) is 0 Å². The molecule has 3 atom stereocenters. The number of carbonyl (C=O) groups excluding carboxylic acids is 2. The van der Waals surface area contributed by atoms with Gasteiger partial charge in [-0.05, 0) is 103 Å². The molecule has 182 valence electrons. The van der Waals surface area contributed by atoms with Gasteiger partial charge >= 0.3 is 11.9 Å². The lowest BCUT2D eigenvalue weighted by atomic mass is 9.52. The molecule has 0 heterocycles. The summed E-state index contributed by atoms with van der Waals surface area (Å²) in [6.07, 6.45) is 12.2. The summed E-state index contributed by atoms with van der Waals surface area (Å²) in [5.74, 6) is 0.712. The predicted octanol–water partition coefficient (Wildman–Crippen LogP) is 6.12. The lowest BCUT2D eigenvalue weighted by Crippen LogP contribution is -2.62. The fraction of sp³-hybridized carbons (Fsp3) is 0.926. The lowest BCUT2D eigenvalue weighted by Gasteiger charge is -2.61. The Hall–Kier alpha value is -1.10. The fourth-order valence-corrected chi connectivity index (χ4v) is 7.28. The Morgan fingerprint density at radius 3 is 2.09 bits per heavy atom. The van der Waals surface area contributed by atoms with Crippen LogP contribution >= 0.6 is 0 Å². The highest BCUT2D eigenvalue weighted by Gasteiger charge is 2.61. The van der Waals surface area contributed by atoms with E-state index in [4.69, 9.17) is 14.2 Å². The SMILES string of the molecule is CCC1(OC(=O)C(C)OC23CC4CC(CC(OC(=O)C(C)(C)CC)(C4)C2)C3)CCCCC1. The van der Waals surface area contributed by atoms with Gasteiger partial charge in [0.05, 0.1) is 11.0 Å². The molecule has 0 aromatic rings. The molecule has 0 radical (unpaired) electrons. The number of hydrogen-bond donors (Lipinski definition) is 0. The van der Waals surface area contributed by atoms with E-state index in [1.165, 1.54) is 12.8 Å². The Labute approximate surface area is 194 Å². The van der Waals surface area contributed by atoms with Crippen molar-refractivity contribution >= 4 is 11.9 Å². The van der Waals surface area contributed by atoms with Crippen LogP contribution in [0, 0.1) is 17.3 Å². The zero-order valence-corrected chi connectivity index (χ0v) is 21.0. The van der Waals surface area contributed by atoms with Crippen LogP contribution in [0.3, 0.4) is 0 Å². The normalized spacial score (nSPS) is 36.5. The van der Waals surface area contributed by atoms with Crippen molar-refractivity contribution in [3.8, 4) is 0 Å². The van der Waals surface area contributed by atoms with Crippen molar-refractivity contribution in [2.45, 2.75) is 141 Å². The summed E-state index contributed by atoms with van der Waals surface area (Å²) >= 11 is 0. The van der Waals surface area contributed by atoms with Crippen LogP contribution in [0.25, 0.3) is 0 Å². The van der Waals surface area contributed by atoms with E-state index in [1.54, 1.807) is 0 Å². The van der Waals surface area contributed by atoms with E-state index >= 15 is 0 Å². The van der Waals surface area contributed by atoms with E-state index < -0.39 is 17.1 Å². The first-order chi connectivity index (χ1) is 15.0. The van der Waals surface area contributed by atoms with Gasteiger partial charge in [-0.25, -0.2) is 4.79 Å². The van der Waals surface area contributed by atoms with Crippen molar-refractivity contribution in [1.82, 2.24) is 0 Å². The zero-order chi connectivity index (χ0) is 23.2. The second-order valence-corrected chi connectivity index (χ2v) is 12.2. The molecule has 0 aromatic heterocycles. The van der Waals surface area contributed by atoms with Crippen molar-refractivity contribution in [3.05, 3.63) is 0 Å². The van der Waals surface area contributed by atoms with E-state index in [1.807, 2.05) is 27.7 Å². The smallest absolute Gasteiger partial charge is 0.335 e. The average Bonchev–Trinajstić information content (AvgIpc) is 2.72. The molecule has 5 aliphatic rings. The second kappa shape index (κ2) is 8.60. The minimum Gasteiger partial charge on any atom is -0.459 e. The summed E-state index contributed by atoms with van der Waals surface area (Å²) < 4.78 is 19.0. The average molecular weight is 449 g/mol. The van der Waals surface area contributed by atoms with E-state index in [0.717, 1.165) is 70.6 Å². The van der Waals surface area contributed by atoms with E-state index in [9.17, 15) is 9.59 Å². The van der Waals surface area contributed by atoms with Crippen LogP contribution in [0.4, 0.5) is 0 Å². The molecule has 5 saturated carbocycles. The Balaban J connectivity index is 1.45. The quantitative estimate of drug-likeness (QED) is 0.419. The molecule has 0 amide bonds. The number of rotatable bonds is 8. The van der Waals surface area contributed by atoms with Crippen molar-refractivity contribution in [3.63, 3.8) is 0 Å². The Kier molecular flexibility index (Phi) is 6.46. The zero-order valence-electron chi connectivity index (χ0n) is 21.0. The summed E-state index contributed by atoms with van der Waals surface area (Å²) in [6.45, 7) is 9.95. The third kappa shape index (κ3) is 4.60. The molecule has 0 aliphatic heterocycles. The van der Waals surface area contributed by atoms with Crippen LogP contribution < -0.4 is 0 Å². The fourth-order valence-electron chi connectivity index (χ4n) is 7.28. The molecule has 32 heavy (non-hydrogen) atoms. The second-order valence-electron chi connectivity index (χ2n) is 12.2. The van der Waals surface area contributed by atoms with Crippen LogP contribution in [0.15, 0.2) is 0 Å². The van der Waals surface area contributed by atoms with Crippen LogP contribution in [0.1, 0.15) is 118 Å². The van der Waals surface area contributed by atoms with Gasteiger partial charge in [0.1, 0.15) is 11.2 Å². The van der Waals surface area contributed by atoms with Crippen molar-refractivity contribution in [1.29, 1.82) is 0 Å². The maximum Gasteiger partial charge on any atom is 0.335 e. The molecule has 3 unspecified atom stereocenters. The Morgan fingerprint density at radius 2 is 1.53 bits per heavy atom. The standard InChI is InChI=1S/C27H44O5/c1-6-24(4,5)23(29)32-27-16-20-13-21(17-27)15-26(14-20,18-27)30-19(3)22(28)31-25(7-2)11-9-8-10-12-25/h19-21H,6-18H2,1-5H3. The van der Waals surface area contributed by atoms with Gasteiger partial charge in [-0.2, -0.15) is 0 Å². The highest BCUT2D eigenvalue weighted by molar-refractivity contribution is 5.76. The van der Waals surface area contributed by atoms with Gasteiger partial charge in [0, 0.05) is 6.42 Å². The number of hydrogen-bond acceptors (Lipinski definition) is 5. The van der Waals surface area contributed by atoms with E-state index in [2.05, 4.69) is 6.92 Å². The third-order valence-electron chi connectivity index (χ3n) is 9.18. The molecule has 0 spiro atoms. The largest absolute Gasteiger partial charge is 0.459 e. The third-order valence-corrected chi connectivity index (χ3v) is 9.18. The summed E-state index contributed by atoms with van der Waals surface area (Å²) in [6, 6.07) is 0. The van der Waals surface area contributed by atoms with Crippen LogP contribution in [-0.2, 0) is 23.8 Å². The van der Waals surface area contributed by atoms with Gasteiger partial charge in [-0.1, -0.05) is 20.3 Å². The van der Waals surface area contributed by atoms with Crippen LogP contribution in [-0.4, -0.2) is 34.8 Å². The molecule has 0 saturated heterocycles. The molecule has 5 heteroatoms. The molecule has 0 N–H and O–H groups in total. The molecule has 4 bridgehead atoms. The summed E-state index contributed by atoms with van der Waals surface area (Å²) in [4.78, 5) is 26.1. The molecule has 5 aliphatic carbocycles. The maximum absolute atomic E-state index is 13.1. The molecular weight excluding hydrogens is 404 g/mol. The minimum absolute atomic E-state index is 0.0910. The van der Waals surface area contributed by atoms with E-state index in [0.29, 0.717) is 11.8 Å². The first kappa shape index (κ1) is 24.0. The first-order valence-corrected chi connectivity index (χ1v) is 13.2. The first-order valence-electron chi connectivity index (χ1n) is 13.2. The van der Waals surface area contributed by atoms with E-state index in [-0.39, 0.29) is 23.1 Å². The summed E-state index contributed by atoms with van der Waals surface area (Å²) in [5, 5.41) is 0. The van der Waals surface area contributed by atoms with Crippen LogP contribution in [0.5, 0.6) is 0 Å². The molecular formula is C27H44O5. The summed E-state index contributed by atoms with van der Waals surface area (Å²) in [5.41, 5.74) is -1.57. The Bertz CT molecular complexity index is 706. The summed E-state index contributed by atoms with van der Waals surface area (Å²) in [7, 11) is 0. The van der Waals surface area contributed by atoms with Crippen molar-refractivity contribution < 1.29 is 23.8 Å². The topological polar surface area (TPSA) is 61.8 Å².